The first-order valence-electron chi connectivity index (χ1n) is 8.96. The molecule has 28 heavy (non-hydrogen) atoms. The van der Waals surface area contributed by atoms with Crippen LogP contribution in [0.3, 0.4) is 0 Å². The Balaban J connectivity index is 1.48. The zero-order valence-corrected chi connectivity index (χ0v) is 15.8. The fourth-order valence-corrected chi connectivity index (χ4v) is 2.86. The molecule has 10 heteroatoms. The number of hydrogen-bond donors (Lipinski definition) is 4. The Morgan fingerprint density at radius 2 is 1.96 bits per heavy atom. The number of amides is 4. The van der Waals surface area contributed by atoms with Crippen LogP contribution in [0.1, 0.15) is 32.5 Å². The van der Waals surface area contributed by atoms with E-state index in [0.717, 1.165) is 10.5 Å². The van der Waals surface area contributed by atoms with Crippen LogP contribution in [-0.2, 0) is 16.1 Å². The van der Waals surface area contributed by atoms with E-state index in [1.165, 1.54) is 0 Å². The summed E-state index contributed by atoms with van der Waals surface area (Å²) in [6.07, 6.45) is 0.582. The molecule has 4 amide bonds. The van der Waals surface area contributed by atoms with Gasteiger partial charge >= 0.3 is 6.03 Å². The van der Waals surface area contributed by atoms with Crippen molar-refractivity contribution in [3.63, 3.8) is 0 Å². The minimum absolute atomic E-state index is 0.192. The maximum atomic E-state index is 12.1. The first-order chi connectivity index (χ1) is 13.3. The second kappa shape index (κ2) is 7.77. The maximum Gasteiger partial charge on any atom is 0.325 e. The van der Waals surface area contributed by atoms with Crippen LogP contribution in [0, 0.1) is 0 Å². The van der Waals surface area contributed by atoms with E-state index in [4.69, 9.17) is 5.73 Å². The molecule has 5 N–H and O–H groups in total. The molecule has 2 aromatic rings. The largest absolute Gasteiger partial charge is 0.326 e. The van der Waals surface area contributed by atoms with Gasteiger partial charge in [-0.05, 0) is 44.5 Å². The molecule has 0 unspecified atom stereocenters. The highest BCUT2D eigenvalue weighted by Gasteiger charge is 2.43. The molecule has 0 spiro atoms. The fourth-order valence-electron chi connectivity index (χ4n) is 2.86. The van der Waals surface area contributed by atoms with Crippen LogP contribution in [0.15, 0.2) is 24.3 Å². The highest BCUT2D eigenvalue weighted by atomic mass is 16.2. The smallest absolute Gasteiger partial charge is 0.325 e. The molecule has 1 aliphatic heterocycles. The third-order valence-corrected chi connectivity index (χ3v) is 4.38. The number of H-pyrrole nitrogens is 1. The summed E-state index contributed by atoms with van der Waals surface area (Å²) in [7, 11) is 0. The Morgan fingerprint density at radius 1 is 1.25 bits per heavy atom. The number of aromatic nitrogens is 3. The fraction of sp³-hybridized carbons (Fsp3) is 0.389. The topological polar surface area (TPSA) is 146 Å². The van der Waals surface area contributed by atoms with Crippen LogP contribution in [0.4, 0.5) is 10.5 Å². The van der Waals surface area contributed by atoms with Crippen molar-refractivity contribution in [2.24, 2.45) is 5.73 Å². The maximum absolute atomic E-state index is 12.1. The van der Waals surface area contributed by atoms with Gasteiger partial charge in [0.1, 0.15) is 11.4 Å². The van der Waals surface area contributed by atoms with Crippen molar-refractivity contribution >= 4 is 23.5 Å². The van der Waals surface area contributed by atoms with Crippen LogP contribution in [0.25, 0.3) is 11.4 Å². The average Bonchev–Trinajstić information content (AvgIpc) is 3.20. The summed E-state index contributed by atoms with van der Waals surface area (Å²) in [6.45, 7) is 3.79. The third kappa shape index (κ3) is 4.17. The van der Waals surface area contributed by atoms with Crippen molar-refractivity contribution in [1.82, 2.24) is 25.4 Å². The second-order valence-electron chi connectivity index (χ2n) is 7.05. The molecule has 1 fully saturated rings. The van der Waals surface area contributed by atoms with Gasteiger partial charge in [-0.3, -0.25) is 19.6 Å². The minimum atomic E-state index is -0.894. The van der Waals surface area contributed by atoms with Gasteiger partial charge in [0.05, 0.1) is 6.54 Å². The third-order valence-electron chi connectivity index (χ3n) is 4.38. The van der Waals surface area contributed by atoms with Gasteiger partial charge < -0.3 is 16.4 Å². The molecular formula is C18H23N7O3. The molecule has 10 nitrogen and oxygen atoms in total. The van der Waals surface area contributed by atoms with Gasteiger partial charge in [-0.15, -0.1) is 0 Å². The highest BCUT2D eigenvalue weighted by molar-refractivity contribution is 6.06. The normalized spacial score (nSPS) is 15.6. The van der Waals surface area contributed by atoms with Gasteiger partial charge in [-0.25, -0.2) is 9.78 Å². The summed E-state index contributed by atoms with van der Waals surface area (Å²) in [5.74, 6) is 0.663. The number of rotatable bonds is 7. The van der Waals surface area contributed by atoms with Gasteiger partial charge in [0, 0.05) is 24.2 Å². The number of nitrogens with two attached hydrogens (primary N) is 1. The summed E-state index contributed by atoms with van der Waals surface area (Å²) in [5, 5.41) is 12.2. The zero-order chi connectivity index (χ0) is 20.3. The lowest BCUT2D eigenvalue weighted by molar-refractivity contribution is -0.130. The quantitative estimate of drug-likeness (QED) is 0.523. The van der Waals surface area contributed by atoms with Crippen molar-refractivity contribution in [1.29, 1.82) is 0 Å². The van der Waals surface area contributed by atoms with Crippen LogP contribution in [0.2, 0.25) is 0 Å². The summed E-state index contributed by atoms with van der Waals surface area (Å²) in [5.41, 5.74) is 6.05. The second-order valence-corrected chi connectivity index (χ2v) is 7.05. The molecular weight excluding hydrogens is 362 g/mol. The van der Waals surface area contributed by atoms with Crippen LogP contribution < -0.4 is 16.4 Å². The molecule has 148 valence electrons. The number of nitrogens with one attached hydrogen (secondary N) is 3. The number of benzene rings is 1. The van der Waals surface area contributed by atoms with Gasteiger partial charge in [-0.1, -0.05) is 0 Å². The number of urea groups is 1. The van der Waals surface area contributed by atoms with Gasteiger partial charge in [0.15, 0.2) is 5.82 Å². The minimum Gasteiger partial charge on any atom is -0.326 e. The summed E-state index contributed by atoms with van der Waals surface area (Å²) < 4.78 is 0. The van der Waals surface area contributed by atoms with Crippen molar-refractivity contribution < 1.29 is 14.4 Å². The van der Waals surface area contributed by atoms with E-state index in [2.05, 4.69) is 25.8 Å². The van der Waals surface area contributed by atoms with Crippen molar-refractivity contribution in [2.75, 3.05) is 11.9 Å². The van der Waals surface area contributed by atoms with E-state index in [0.29, 0.717) is 23.8 Å². The van der Waals surface area contributed by atoms with E-state index < -0.39 is 11.6 Å². The Hall–Kier alpha value is -3.27. The Labute approximate surface area is 161 Å². The molecule has 0 bridgehead atoms. The Kier molecular flexibility index (Phi) is 5.41. The van der Waals surface area contributed by atoms with E-state index in [-0.39, 0.29) is 31.3 Å². The number of carbonyl (C=O) groups excluding carboxylic acids is 3. The van der Waals surface area contributed by atoms with E-state index in [9.17, 15) is 14.4 Å². The van der Waals surface area contributed by atoms with Gasteiger partial charge in [0.2, 0.25) is 5.91 Å². The predicted molar refractivity (Wildman–Crippen MR) is 102 cm³/mol. The van der Waals surface area contributed by atoms with E-state index in [1.807, 2.05) is 0 Å². The molecule has 1 aromatic carbocycles. The summed E-state index contributed by atoms with van der Waals surface area (Å²) in [4.78, 5) is 41.4. The predicted octanol–water partition coefficient (Wildman–Crippen LogP) is 0.980. The lowest BCUT2D eigenvalue weighted by Gasteiger charge is -2.15. The molecule has 0 saturated carbocycles. The zero-order valence-electron chi connectivity index (χ0n) is 15.8. The molecule has 0 radical (unpaired) electrons. The number of nitrogens with zero attached hydrogens (tertiary/aromatic N) is 3. The lowest BCUT2D eigenvalue weighted by atomic mass is 10.1. The standard InChI is InChI=1S/C18H23N7O3/c1-18(2)16(27)25(17(28)22-18)9-3-4-14(26)20-12-7-5-11(6-8-12)15-21-13(10-19)23-24-15/h5-8H,3-4,9-10,19H2,1-2H3,(H,20,26)(H,22,28)(H,21,23,24). The van der Waals surface area contributed by atoms with Crippen LogP contribution in [0.5, 0.6) is 0 Å². The van der Waals surface area contributed by atoms with Crippen molar-refractivity contribution in [2.45, 2.75) is 38.8 Å². The lowest BCUT2D eigenvalue weighted by Crippen LogP contribution is -2.40. The van der Waals surface area contributed by atoms with Gasteiger partial charge in [-0.2, -0.15) is 5.10 Å². The molecule has 3 rings (SSSR count). The molecule has 1 aliphatic rings. The molecule has 2 heterocycles. The van der Waals surface area contributed by atoms with Crippen LogP contribution in [-0.4, -0.2) is 50.0 Å². The number of imide groups is 1. The van der Waals surface area contributed by atoms with Crippen molar-refractivity contribution in [3.8, 4) is 11.4 Å². The SMILES string of the molecule is CC1(C)NC(=O)N(CCCC(=O)Nc2ccc(-c3n[nH]c(CN)n3)cc2)C1=O. The Morgan fingerprint density at radius 3 is 2.54 bits per heavy atom. The molecule has 1 saturated heterocycles. The van der Waals surface area contributed by atoms with Crippen molar-refractivity contribution in [3.05, 3.63) is 30.1 Å². The number of aromatic amines is 1. The van der Waals surface area contributed by atoms with E-state index >= 15 is 0 Å². The van der Waals surface area contributed by atoms with E-state index in [1.54, 1.807) is 38.1 Å². The molecule has 1 aromatic heterocycles. The van der Waals surface area contributed by atoms with Crippen LogP contribution >= 0.6 is 0 Å². The monoisotopic (exact) mass is 385 g/mol. The molecule has 0 aliphatic carbocycles. The summed E-state index contributed by atoms with van der Waals surface area (Å²) in [6, 6.07) is 6.69. The van der Waals surface area contributed by atoms with Gasteiger partial charge in [0.25, 0.3) is 5.91 Å². The first-order valence-corrected chi connectivity index (χ1v) is 8.96. The number of anilines is 1. The average molecular weight is 385 g/mol. The summed E-state index contributed by atoms with van der Waals surface area (Å²) >= 11 is 0. The Bertz CT molecular complexity index is 889. The molecule has 0 atom stereocenters. The highest BCUT2D eigenvalue weighted by Crippen LogP contribution is 2.19. The number of carbonyl (C=O) groups is 3. The first kappa shape index (κ1) is 19.5. The number of hydrogen-bond acceptors (Lipinski definition) is 6.